The number of nitrogens with zero attached hydrogens (tertiary/aromatic N) is 1. The molecule has 0 radical (unpaired) electrons. The maximum absolute atomic E-state index is 12.6. The van der Waals surface area contributed by atoms with Gasteiger partial charge in [-0.1, -0.05) is 34.6 Å². The molecule has 7 fully saturated rings. The van der Waals surface area contributed by atoms with Crippen LogP contribution in [0.5, 0.6) is 0 Å². The lowest BCUT2D eigenvalue weighted by Crippen LogP contribution is -2.60. The fraction of sp³-hybridized carbons (Fsp3) is 0.947. The maximum Gasteiger partial charge on any atom is 0.409 e. The van der Waals surface area contributed by atoms with Crippen molar-refractivity contribution in [1.82, 2.24) is 4.90 Å². The molecule has 2 heterocycles. The van der Waals surface area contributed by atoms with Crippen molar-refractivity contribution in [2.75, 3.05) is 26.8 Å². The van der Waals surface area contributed by atoms with Crippen molar-refractivity contribution in [3.63, 3.8) is 0 Å². The zero-order chi connectivity index (χ0) is 34.8. The Bertz CT molecular complexity index is 1300. The molecule has 0 aromatic heterocycles. The molecule has 0 bridgehead atoms. The molecule has 5 aliphatic carbocycles. The summed E-state index contributed by atoms with van der Waals surface area (Å²) in [6.07, 6.45) is 5.42. The summed E-state index contributed by atoms with van der Waals surface area (Å²) < 4.78 is 30.2. The third kappa shape index (κ3) is 4.66. The Hall–Kier alpha value is -1.46. The van der Waals surface area contributed by atoms with Crippen LogP contribution in [0.3, 0.4) is 0 Å². The molecule has 0 aromatic rings. The number of morpholine rings is 1. The highest BCUT2D eigenvalue weighted by Crippen LogP contribution is 2.89. The van der Waals surface area contributed by atoms with Gasteiger partial charge in [0.05, 0.1) is 50.3 Å². The number of hydrogen-bond acceptors (Lipinski definition) is 9. The summed E-state index contributed by atoms with van der Waals surface area (Å²) in [4.78, 5) is 26.0. The van der Waals surface area contributed by atoms with Crippen molar-refractivity contribution in [1.29, 1.82) is 0 Å². The number of hydrogen-bond donors (Lipinski definition) is 2. The first-order chi connectivity index (χ1) is 22.4. The molecule has 10 heteroatoms. The normalized spacial score (nSPS) is 49.7. The number of esters is 1. The zero-order valence-electron chi connectivity index (χ0n) is 30.8. The Morgan fingerprint density at radius 1 is 1.02 bits per heavy atom. The van der Waals surface area contributed by atoms with Crippen LogP contribution in [0.25, 0.3) is 0 Å². The third-order valence-corrected chi connectivity index (χ3v) is 15.9. The van der Waals surface area contributed by atoms with E-state index in [1.807, 2.05) is 0 Å². The molecule has 2 saturated heterocycles. The molecule has 10 nitrogen and oxygen atoms in total. The Labute approximate surface area is 286 Å². The molecule has 2 N–H and O–H groups in total. The number of amides is 1. The van der Waals surface area contributed by atoms with Crippen LogP contribution in [0.2, 0.25) is 0 Å². The molecule has 7 rings (SSSR count). The van der Waals surface area contributed by atoms with Gasteiger partial charge < -0.3 is 38.8 Å². The number of methoxy groups -OCH3 is 1. The number of fused-ring (bicyclic) bond motifs is 4. The van der Waals surface area contributed by atoms with E-state index in [1.165, 1.54) is 26.9 Å². The number of aliphatic hydroxyl groups excluding tert-OH is 1. The van der Waals surface area contributed by atoms with Gasteiger partial charge in [-0.2, -0.15) is 0 Å². The van der Waals surface area contributed by atoms with E-state index < -0.39 is 36.2 Å². The van der Waals surface area contributed by atoms with Crippen LogP contribution in [0.1, 0.15) is 107 Å². The van der Waals surface area contributed by atoms with Crippen LogP contribution < -0.4 is 0 Å². The number of ether oxygens (including phenoxy) is 5. The van der Waals surface area contributed by atoms with E-state index >= 15 is 0 Å². The number of aliphatic hydroxyl groups is 2. The van der Waals surface area contributed by atoms with Gasteiger partial charge in [0.1, 0.15) is 0 Å². The van der Waals surface area contributed by atoms with E-state index in [0.29, 0.717) is 38.0 Å². The zero-order valence-corrected chi connectivity index (χ0v) is 30.8. The molecule has 48 heavy (non-hydrogen) atoms. The first-order valence-corrected chi connectivity index (χ1v) is 18.7. The van der Waals surface area contributed by atoms with Gasteiger partial charge in [-0.15, -0.1) is 0 Å². The SMILES string of the molecule is COC(=O)N1CCO[C@@H](O[C@H]2CCC34CC35CCC3(C)[C@@H]6C(OC([C@H](OC(C)=O)C(C)(C)O)C[C@H]6C)[C@H](O)[C@@]3(C)C5CC[C@H]4C2(C)C)C1. The lowest BCUT2D eigenvalue weighted by Gasteiger charge is -2.64. The highest BCUT2D eigenvalue weighted by Gasteiger charge is 2.84. The minimum Gasteiger partial charge on any atom is -0.457 e. The number of rotatable bonds is 5. The van der Waals surface area contributed by atoms with Gasteiger partial charge in [0.15, 0.2) is 12.4 Å². The van der Waals surface area contributed by atoms with Crippen molar-refractivity contribution in [3.8, 4) is 0 Å². The van der Waals surface area contributed by atoms with Crippen molar-refractivity contribution in [2.24, 2.45) is 50.7 Å². The standard InChI is InChI=1S/C38H61NO9/c1-21-18-23(31(34(5,6)43)46-22(2)40)47-29-28(21)35(7)14-15-38-20-37(38)13-12-26(48-27-19-39(16-17-45-27)32(42)44-9)33(3,4)24(37)10-11-25(38)36(35,8)30(29)41/h21,23-31,41,43H,10-20H2,1-9H3/t21-,23?,24+,25?,26+,27+,28+,29?,30+,31+,35?,36-,37?,38?/m1/s1. The second-order valence-electron chi connectivity index (χ2n) is 18.6. The van der Waals surface area contributed by atoms with Crippen LogP contribution in [-0.4, -0.2) is 96.4 Å². The smallest absolute Gasteiger partial charge is 0.409 e. The first kappa shape index (κ1) is 35.0. The van der Waals surface area contributed by atoms with Crippen LogP contribution >= 0.6 is 0 Å². The van der Waals surface area contributed by atoms with Gasteiger partial charge in [0, 0.05) is 18.9 Å². The van der Waals surface area contributed by atoms with E-state index in [9.17, 15) is 19.8 Å². The van der Waals surface area contributed by atoms with Gasteiger partial charge in [-0.3, -0.25) is 4.79 Å². The Morgan fingerprint density at radius 2 is 1.71 bits per heavy atom. The van der Waals surface area contributed by atoms with E-state index in [-0.39, 0.29) is 57.2 Å². The molecule has 2 spiro atoms. The largest absolute Gasteiger partial charge is 0.457 e. The van der Waals surface area contributed by atoms with Crippen LogP contribution in [-0.2, 0) is 28.5 Å². The summed E-state index contributed by atoms with van der Waals surface area (Å²) >= 11 is 0. The average molecular weight is 676 g/mol. The van der Waals surface area contributed by atoms with E-state index in [1.54, 1.807) is 18.7 Å². The summed E-state index contributed by atoms with van der Waals surface area (Å²) in [5, 5.41) is 23.6. The first-order valence-electron chi connectivity index (χ1n) is 18.7. The Morgan fingerprint density at radius 3 is 2.38 bits per heavy atom. The van der Waals surface area contributed by atoms with Crippen molar-refractivity contribution in [2.45, 2.75) is 149 Å². The second-order valence-corrected chi connectivity index (χ2v) is 18.6. The van der Waals surface area contributed by atoms with Gasteiger partial charge in [-0.25, -0.2) is 4.79 Å². The monoisotopic (exact) mass is 675 g/mol. The van der Waals surface area contributed by atoms with E-state index in [2.05, 4.69) is 34.6 Å². The number of carbonyl (C=O) groups is 2. The minimum atomic E-state index is -1.27. The van der Waals surface area contributed by atoms with Crippen LogP contribution in [0.15, 0.2) is 0 Å². The molecular weight excluding hydrogens is 614 g/mol. The minimum absolute atomic E-state index is 0.0430. The molecule has 6 unspecified atom stereocenters. The van der Waals surface area contributed by atoms with E-state index in [4.69, 9.17) is 23.7 Å². The summed E-state index contributed by atoms with van der Waals surface area (Å²) in [6.45, 7) is 17.9. The van der Waals surface area contributed by atoms with Gasteiger partial charge in [0.25, 0.3) is 0 Å². The summed E-state index contributed by atoms with van der Waals surface area (Å²) in [5.41, 5.74) is -1.26. The average Bonchev–Trinajstić information content (AvgIpc) is 3.65. The Balaban J connectivity index is 1.12. The predicted octanol–water partition coefficient (Wildman–Crippen LogP) is 5.31. The molecule has 5 saturated carbocycles. The van der Waals surface area contributed by atoms with Gasteiger partial charge in [0.2, 0.25) is 0 Å². The van der Waals surface area contributed by atoms with Crippen molar-refractivity contribution < 1.29 is 43.5 Å². The third-order valence-electron chi connectivity index (χ3n) is 15.9. The molecule has 14 atom stereocenters. The fourth-order valence-electron chi connectivity index (χ4n) is 13.8. The molecule has 7 aliphatic rings. The molecular formula is C38H61NO9. The molecule has 2 aliphatic heterocycles. The van der Waals surface area contributed by atoms with Gasteiger partial charge in [-0.05, 0) is 111 Å². The molecule has 272 valence electrons. The lowest BCUT2D eigenvalue weighted by atomic mass is 9.41. The van der Waals surface area contributed by atoms with E-state index in [0.717, 1.165) is 32.1 Å². The summed E-state index contributed by atoms with van der Waals surface area (Å²) in [6, 6.07) is 0. The number of carbonyl (C=O) groups excluding carboxylic acids is 2. The maximum atomic E-state index is 12.6. The Kier molecular flexibility index (Phi) is 8.21. The summed E-state index contributed by atoms with van der Waals surface area (Å²) in [5.74, 6) is 0.925. The van der Waals surface area contributed by atoms with Crippen molar-refractivity contribution >= 4 is 12.1 Å². The van der Waals surface area contributed by atoms with Gasteiger partial charge >= 0.3 is 12.1 Å². The highest BCUT2D eigenvalue weighted by molar-refractivity contribution is 5.67. The quantitative estimate of drug-likeness (QED) is 0.373. The predicted molar refractivity (Wildman–Crippen MR) is 177 cm³/mol. The molecule has 1 amide bonds. The summed E-state index contributed by atoms with van der Waals surface area (Å²) in [7, 11) is 1.41. The lowest BCUT2D eigenvalue weighted by molar-refractivity contribution is -0.246. The van der Waals surface area contributed by atoms with Crippen molar-refractivity contribution in [3.05, 3.63) is 0 Å². The highest BCUT2D eigenvalue weighted by atomic mass is 16.7. The van der Waals surface area contributed by atoms with Crippen LogP contribution in [0, 0.1) is 50.7 Å². The second kappa shape index (κ2) is 11.3. The fourth-order valence-corrected chi connectivity index (χ4v) is 13.8. The molecule has 0 aromatic carbocycles. The van der Waals surface area contributed by atoms with Crippen LogP contribution in [0.4, 0.5) is 4.79 Å². The topological polar surface area (TPSA) is 124 Å².